The first-order valence-electron chi connectivity index (χ1n) is 5.93. The third kappa shape index (κ3) is 4.29. The van der Waals surface area contributed by atoms with Crippen LogP contribution in [0.1, 0.15) is 32.6 Å². The van der Waals surface area contributed by atoms with Gasteiger partial charge in [-0.1, -0.05) is 0 Å². The Hall–Kier alpha value is -0.290. The van der Waals surface area contributed by atoms with E-state index in [1.54, 1.807) is 0 Å². The Labute approximate surface area is 94.8 Å². The molecule has 16 heavy (non-hydrogen) atoms. The maximum atomic E-state index is 12.4. The smallest absolute Gasteiger partial charge is 0.329 e. The van der Waals surface area contributed by atoms with Crippen LogP contribution in [-0.2, 0) is 0 Å². The number of halogens is 3. The summed E-state index contributed by atoms with van der Waals surface area (Å²) in [5.74, 6) is -0.691. The van der Waals surface area contributed by atoms with E-state index < -0.39 is 12.1 Å². The minimum atomic E-state index is -4.00. The maximum Gasteiger partial charge on any atom is 0.391 e. The molecular weight excluding hydrogens is 217 g/mol. The van der Waals surface area contributed by atoms with Crippen LogP contribution in [0.5, 0.6) is 0 Å². The van der Waals surface area contributed by atoms with Crippen molar-refractivity contribution in [3.8, 4) is 0 Å². The van der Waals surface area contributed by atoms with E-state index in [0.717, 1.165) is 6.54 Å². The minimum absolute atomic E-state index is 0.250. The number of nitrogens with one attached hydrogen (secondary N) is 1. The van der Waals surface area contributed by atoms with E-state index in [1.165, 1.54) is 0 Å². The van der Waals surface area contributed by atoms with E-state index in [2.05, 4.69) is 5.32 Å². The van der Waals surface area contributed by atoms with Crippen LogP contribution >= 0.6 is 0 Å². The first kappa shape index (κ1) is 13.8. The largest absolute Gasteiger partial charge is 0.391 e. The molecule has 3 N–H and O–H groups in total. The molecule has 0 spiro atoms. The third-order valence-corrected chi connectivity index (χ3v) is 3.42. The van der Waals surface area contributed by atoms with Crippen LogP contribution in [0.15, 0.2) is 0 Å². The van der Waals surface area contributed by atoms with Crippen LogP contribution in [0, 0.1) is 11.8 Å². The molecular formula is C11H21F3N2. The monoisotopic (exact) mass is 238 g/mol. The first-order chi connectivity index (χ1) is 7.43. The van der Waals surface area contributed by atoms with Crippen LogP contribution in [0.25, 0.3) is 0 Å². The minimum Gasteiger partial charge on any atom is -0.329 e. The second-order valence-corrected chi connectivity index (χ2v) is 4.80. The first-order valence-corrected chi connectivity index (χ1v) is 5.93. The highest BCUT2D eigenvalue weighted by molar-refractivity contribution is 4.78. The van der Waals surface area contributed by atoms with Crippen molar-refractivity contribution >= 4 is 0 Å². The van der Waals surface area contributed by atoms with Crippen molar-refractivity contribution in [2.45, 2.75) is 44.8 Å². The molecule has 0 radical (unpaired) electrons. The van der Waals surface area contributed by atoms with Gasteiger partial charge >= 0.3 is 6.18 Å². The van der Waals surface area contributed by atoms with Gasteiger partial charge in [0.15, 0.2) is 0 Å². The summed E-state index contributed by atoms with van der Waals surface area (Å²) in [6, 6.07) is 0.250. The summed E-state index contributed by atoms with van der Waals surface area (Å²) >= 11 is 0. The van der Waals surface area contributed by atoms with E-state index in [-0.39, 0.29) is 18.9 Å². The van der Waals surface area contributed by atoms with Crippen molar-refractivity contribution in [1.82, 2.24) is 5.32 Å². The zero-order chi connectivity index (χ0) is 12.2. The van der Waals surface area contributed by atoms with Crippen molar-refractivity contribution in [2.75, 3.05) is 13.1 Å². The number of hydrogen-bond acceptors (Lipinski definition) is 2. The summed E-state index contributed by atoms with van der Waals surface area (Å²) < 4.78 is 37.2. The van der Waals surface area contributed by atoms with Gasteiger partial charge in [-0.15, -0.1) is 0 Å². The van der Waals surface area contributed by atoms with Gasteiger partial charge in [0.05, 0.1) is 5.92 Å². The van der Waals surface area contributed by atoms with Gasteiger partial charge in [-0.05, 0) is 45.1 Å². The van der Waals surface area contributed by atoms with Crippen molar-refractivity contribution in [3.63, 3.8) is 0 Å². The molecule has 96 valence electrons. The lowest BCUT2D eigenvalue weighted by atomic mass is 9.81. The summed E-state index contributed by atoms with van der Waals surface area (Å²) in [6.45, 7) is 3.35. The topological polar surface area (TPSA) is 38.0 Å². The number of hydrogen-bond donors (Lipinski definition) is 2. The highest BCUT2D eigenvalue weighted by Gasteiger charge is 2.41. The Morgan fingerprint density at radius 1 is 1.25 bits per heavy atom. The van der Waals surface area contributed by atoms with Gasteiger partial charge in [-0.25, -0.2) is 0 Å². The van der Waals surface area contributed by atoms with Crippen LogP contribution in [0.2, 0.25) is 0 Å². The lowest BCUT2D eigenvalue weighted by Gasteiger charge is -2.30. The molecule has 0 unspecified atom stereocenters. The highest BCUT2D eigenvalue weighted by atomic mass is 19.4. The van der Waals surface area contributed by atoms with Crippen molar-refractivity contribution in [1.29, 1.82) is 0 Å². The van der Waals surface area contributed by atoms with Crippen molar-refractivity contribution in [3.05, 3.63) is 0 Å². The highest BCUT2D eigenvalue weighted by Crippen LogP contribution is 2.39. The standard InChI is InChI=1S/C11H21F3N2/c1-8(6-15)16-7-9-2-4-10(5-3-9)11(12,13)14/h8-10,16H,2-7,15H2,1H3/t8-,9?,10?/m0/s1. The Morgan fingerprint density at radius 2 is 1.81 bits per heavy atom. The lowest BCUT2D eigenvalue weighted by molar-refractivity contribution is -0.183. The van der Waals surface area contributed by atoms with Crippen LogP contribution in [-0.4, -0.2) is 25.3 Å². The Kier molecular flexibility index (Phi) is 5.05. The average molecular weight is 238 g/mol. The van der Waals surface area contributed by atoms with Gasteiger partial charge in [0.1, 0.15) is 0 Å². The van der Waals surface area contributed by atoms with E-state index in [9.17, 15) is 13.2 Å². The van der Waals surface area contributed by atoms with Crippen molar-refractivity contribution < 1.29 is 13.2 Å². The average Bonchev–Trinajstić information content (AvgIpc) is 2.25. The van der Waals surface area contributed by atoms with Crippen LogP contribution in [0.4, 0.5) is 13.2 Å². The molecule has 1 atom stereocenters. The molecule has 0 amide bonds. The van der Waals surface area contributed by atoms with E-state index >= 15 is 0 Å². The third-order valence-electron chi connectivity index (χ3n) is 3.42. The molecule has 1 fully saturated rings. The molecule has 1 aliphatic rings. The molecule has 0 aromatic carbocycles. The molecule has 5 heteroatoms. The Morgan fingerprint density at radius 3 is 2.25 bits per heavy atom. The van der Waals surface area contributed by atoms with Gasteiger partial charge < -0.3 is 11.1 Å². The summed E-state index contributed by atoms with van der Waals surface area (Å²) in [5.41, 5.74) is 5.46. The quantitative estimate of drug-likeness (QED) is 0.788. The summed E-state index contributed by atoms with van der Waals surface area (Å²) in [5, 5.41) is 3.25. The van der Waals surface area contributed by atoms with Gasteiger partial charge in [0, 0.05) is 12.6 Å². The van der Waals surface area contributed by atoms with Crippen LogP contribution < -0.4 is 11.1 Å². The predicted molar refractivity (Wildman–Crippen MR) is 58.0 cm³/mol. The molecule has 2 nitrogen and oxygen atoms in total. The second-order valence-electron chi connectivity index (χ2n) is 4.80. The summed E-state index contributed by atoms with van der Waals surface area (Å²) in [4.78, 5) is 0. The van der Waals surface area contributed by atoms with Crippen LogP contribution in [0.3, 0.4) is 0 Å². The summed E-state index contributed by atoms with van der Waals surface area (Å²) in [6.07, 6.45) is -2.08. The molecule has 0 aromatic heterocycles. The Balaban J connectivity index is 2.22. The fourth-order valence-electron chi connectivity index (χ4n) is 2.15. The summed E-state index contributed by atoms with van der Waals surface area (Å²) in [7, 11) is 0. The number of rotatable bonds is 4. The zero-order valence-corrected chi connectivity index (χ0v) is 9.69. The van der Waals surface area contributed by atoms with Crippen molar-refractivity contribution in [2.24, 2.45) is 17.6 Å². The van der Waals surface area contributed by atoms with Gasteiger partial charge in [0.25, 0.3) is 0 Å². The fraction of sp³-hybridized carbons (Fsp3) is 1.00. The number of nitrogens with two attached hydrogens (primary N) is 1. The predicted octanol–water partition coefficient (Wildman–Crippen LogP) is 2.29. The molecule has 0 heterocycles. The molecule has 1 saturated carbocycles. The zero-order valence-electron chi connectivity index (χ0n) is 9.69. The van der Waals surface area contributed by atoms with Gasteiger partial charge in [-0.3, -0.25) is 0 Å². The lowest BCUT2D eigenvalue weighted by Crippen LogP contribution is -2.38. The normalized spacial score (nSPS) is 29.1. The molecule has 0 aromatic rings. The molecule has 1 rings (SSSR count). The molecule has 0 aliphatic heterocycles. The van der Waals surface area contributed by atoms with E-state index in [1.807, 2.05) is 6.92 Å². The second kappa shape index (κ2) is 5.87. The van der Waals surface area contributed by atoms with E-state index in [4.69, 9.17) is 5.73 Å². The van der Waals surface area contributed by atoms with Gasteiger partial charge in [-0.2, -0.15) is 13.2 Å². The molecule has 1 aliphatic carbocycles. The molecule has 0 bridgehead atoms. The Bertz CT molecular complexity index is 198. The fourth-order valence-corrected chi connectivity index (χ4v) is 2.15. The van der Waals surface area contributed by atoms with E-state index in [0.29, 0.717) is 25.3 Å². The van der Waals surface area contributed by atoms with Gasteiger partial charge in [0.2, 0.25) is 0 Å². The maximum absolute atomic E-state index is 12.4. The SMILES string of the molecule is C[C@@H](CN)NCC1CCC(C(F)(F)F)CC1. The number of alkyl halides is 3. The molecule has 0 saturated heterocycles.